The van der Waals surface area contributed by atoms with Crippen molar-refractivity contribution in [3.63, 3.8) is 0 Å². The first-order valence-corrected chi connectivity index (χ1v) is 8.82. The van der Waals surface area contributed by atoms with Crippen molar-refractivity contribution in [3.05, 3.63) is 11.8 Å². The fourth-order valence-electron chi connectivity index (χ4n) is 4.02. The second-order valence-electron chi connectivity index (χ2n) is 7.26. The van der Waals surface area contributed by atoms with Gasteiger partial charge < -0.3 is 44.5 Å². The van der Waals surface area contributed by atoms with Gasteiger partial charge in [-0.25, -0.2) is 4.79 Å². The van der Waals surface area contributed by atoms with E-state index in [1.54, 1.807) is 6.92 Å². The number of aliphatic hydroxyl groups is 5. The van der Waals surface area contributed by atoms with Crippen molar-refractivity contribution in [2.24, 2.45) is 11.8 Å². The Hall–Kier alpha value is -1.60. The predicted molar refractivity (Wildman–Crippen MR) is 87.1 cm³/mol. The number of hydrogen-bond donors (Lipinski definition) is 5. The van der Waals surface area contributed by atoms with Crippen LogP contribution in [0.2, 0.25) is 0 Å². The summed E-state index contributed by atoms with van der Waals surface area (Å²) in [5.41, 5.74) is -2.56. The van der Waals surface area contributed by atoms with E-state index in [4.69, 9.17) is 14.2 Å². The van der Waals surface area contributed by atoms with Gasteiger partial charge in [0, 0.05) is 6.42 Å². The van der Waals surface area contributed by atoms with Crippen LogP contribution in [0.4, 0.5) is 0 Å². The van der Waals surface area contributed by atoms with Gasteiger partial charge >= 0.3 is 5.97 Å². The maximum atomic E-state index is 12.5. The molecule has 0 bridgehead atoms. The lowest BCUT2D eigenvalue weighted by atomic mass is 9.79. The lowest BCUT2D eigenvalue weighted by Gasteiger charge is -2.44. The standard InChI is InChI=1S/C17H24O11/c1-6-3-9(19)17(24)7(14(23)25-2)5-26-15(10(6)17)28-16-13(22)12(21)11(20)8(4-18)27-16/h5-6,8,10-13,15-16,18,20-22,24H,3-4H2,1-2H3/t6?,8?,10?,11?,12?,13?,15?,16?,17-/m1/s1. The molecular formula is C17H24O11. The number of methoxy groups -OCH3 is 1. The number of carbonyl (C=O) groups excluding carboxylic acids is 2. The molecule has 3 rings (SSSR count). The Bertz CT molecular complexity index is 661. The van der Waals surface area contributed by atoms with Gasteiger partial charge in [0.1, 0.15) is 36.3 Å². The molecule has 1 saturated carbocycles. The summed E-state index contributed by atoms with van der Waals surface area (Å²) in [6.45, 7) is 1.01. The number of esters is 1. The molecule has 0 spiro atoms. The molecule has 1 saturated heterocycles. The summed E-state index contributed by atoms with van der Waals surface area (Å²) in [6, 6.07) is 0. The van der Waals surface area contributed by atoms with Crippen LogP contribution in [0.5, 0.6) is 0 Å². The Morgan fingerprint density at radius 1 is 1.25 bits per heavy atom. The third kappa shape index (κ3) is 3.12. The van der Waals surface area contributed by atoms with E-state index in [0.717, 1.165) is 13.4 Å². The molecule has 2 heterocycles. The van der Waals surface area contributed by atoms with Crippen LogP contribution < -0.4 is 0 Å². The topological polar surface area (TPSA) is 172 Å². The van der Waals surface area contributed by atoms with Gasteiger partial charge in [-0.2, -0.15) is 0 Å². The van der Waals surface area contributed by atoms with E-state index in [-0.39, 0.29) is 12.0 Å². The minimum Gasteiger partial charge on any atom is -0.471 e. The molecule has 11 nitrogen and oxygen atoms in total. The number of rotatable bonds is 4. The molecule has 0 aromatic rings. The highest BCUT2D eigenvalue weighted by Crippen LogP contribution is 2.48. The number of hydrogen-bond acceptors (Lipinski definition) is 11. The van der Waals surface area contributed by atoms with Crippen LogP contribution in [-0.2, 0) is 28.5 Å². The third-order valence-electron chi connectivity index (χ3n) is 5.57. The molecule has 3 aliphatic rings. The third-order valence-corrected chi connectivity index (χ3v) is 5.57. The van der Waals surface area contributed by atoms with Crippen molar-refractivity contribution in [2.45, 2.75) is 55.9 Å². The van der Waals surface area contributed by atoms with Gasteiger partial charge in [-0.15, -0.1) is 0 Å². The van der Waals surface area contributed by atoms with Crippen LogP contribution in [0.25, 0.3) is 0 Å². The van der Waals surface area contributed by atoms with Crippen LogP contribution in [0.15, 0.2) is 11.8 Å². The van der Waals surface area contributed by atoms with Gasteiger partial charge in [0.05, 0.1) is 19.6 Å². The van der Waals surface area contributed by atoms with Crippen LogP contribution >= 0.6 is 0 Å². The van der Waals surface area contributed by atoms with E-state index in [2.05, 4.69) is 4.74 Å². The molecule has 158 valence electrons. The van der Waals surface area contributed by atoms with Crippen molar-refractivity contribution < 1.29 is 54.1 Å². The average Bonchev–Trinajstić information content (AvgIpc) is 2.91. The number of carbonyl (C=O) groups is 2. The van der Waals surface area contributed by atoms with Crippen LogP contribution in [-0.4, -0.2) is 93.6 Å². The molecule has 5 N–H and O–H groups in total. The van der Waals surface area contributed by atoms with E-state index in [1.165, 1.54) is 0 Å². The van der Waals surface area contributed by atoms with E-state index < -0.39 is 72.8 Å². The lowest BCUT2D eigenvalue weighted by molar-refractivity contribution is -0.346. The molecule has 0 radical (unpaired) electrons. The Morgan fingerprint density at radius 2 is 1.93 bits per heavy atom. The molecule has 1 aliphatic carbocycles. The molecule has 0 amide bonds. The Morgan fingerprint density at radius 3 is 2.54 bits per heavy atom. The normalized spacial score (nSPS) is 45.8. The second kappa shape index (κ2) is 7.67. The maximum absolute atomic E-state index is 12.5. The highest BCUT2D eigenvalue weighted by atomic mass is 16.8. The molecule has 8 unspecified atom stereocenters. The summed E-state index contributed by atoms with van der Waals surface area (Å²) in [5, 5.41) is 50.2. The molecule has 2 aliphatic heterocycles. The number of fused-ring (bicyclic) bond motifs is 1. The number of Topliss-reactive ketones (excluding diaryl/α,β-unsaturated/α-hetero) is 1. The van der Waals surface area contributed by atoms with Crippen molar-refractivity contribution in [1.82, 2.24) is 0 Å². The number of ketones is 1. The summed E-state index contributed by atoms with van der Waals surface area (Å²) < 4.78 is 20.9. The highest BCUT2D eigenvalue weighted by Gasteiger charge is 2.63. The first-order chi connectivity index (χ1) is 13.2. The Kier molecular flexibility index (Phi) is 5.79. The zero-order chi connectivity index (χ0) is 20.8. The smallest absolute Gasteiger partial charge is 0.340 e. The van der Waals surface area contributed by atoms with Gasteiger partial charge in [0.15, 0.2) is 17.7 Å². The minimum absolute atomic E-state index is 0.0482. The maximum Gasteiger partial charge on any atom is 0.340 e. The largest absolute Gasteiger partial charge is 0.471 e. The Labute approximate surface area is 160 Å². The molecule has 0 aromatic heterocycles. The zero-order valence-corrected chi connectivity index (χ0v) is 15.3. The predicted octanol–water partition coefficient (Wildman–Crippen LogP) is -2.83. The van der Waals surface area contributed by atoms with Crippen LogP contribution in [0.1, 0.15) is 13.3 Å². The summed E-state index contributed by atoms with van der Waals surface area (Å²) in [6.07, 6.45) is -8.14. The monoisotopic (exact) mass is 404 g/mol. The first kappa shape index (κ1) is 21.1. The van der Waals surface area contributed by atoms with Crippen molar-refractivity contribution in [3.8, 4) is 0 Å². The van der Waals surface area contributed by atoms with Crippen molar-refractivity contribution in [1.29, 1.82) is 0 Å². The summed E-state index contributed by atoms with van der Waals surface area (Å²) in [7, 11) is 1.10. The fraction of sp³-hybridized carbons (Fsp3) is 0.765. The summed E-state index contributed by atoms with van der Waals surface area (Å²) >= 11 is 0. The van der Waals surface area contributed by atoms with Gasteiger partial charge in [-0.1, -0.05) is 6.92 Å². The van der Waals surface area contributed by atoms with Crippen molar-refractivity contribution in [2.75, 3.05) is 13.7 Å². The SMILES string of the molecule is COC(=O)C1=COC(OC2OC(CO)C(O)C(O)C2O)C2C(C)CC(=O)[C@]12O. The molecule has 28 heavy (non-hydrogen) atoms. The van der Waals surface area contributed by atoms with E-state index >= 15 is 0 Å². The average molecular weight is 404 g/mol. The lowest BCUT2D eigenvalue weighted by Crippen LogP contribution is -2.61. The quantitative estimate of drug-likeness (QED) is 0.306. The zero-order valence-electron chi connectivity index (χ0n) is 15.3. The molecular weight excluding hydrogens is 380 g/mol. The van der Waals surface area contributed by atoms with Crippen LogP contribution in [0.3, 0.4) is 0 Å². The molecule has 0 aromatic carbocycles. The van der Waals surface area contributed by atoms with Crippen LogP contribution in [0, 0.1) is 11.8 Å². The fourth-order valence-corrected chi connectivity index (χ4v) is 4.02. The Balaban J connectivity index is 1.88. The van der Waals surface area contributed by atoms with E-state index in [1.807, 2.05) is 0 Å². The van der Waals surface area contributed by atoms with Gasteiger partial charge in [-0.3, -0.25) is 4.79 Å². The minimum atomic E-state index is -2.20. The van der Waals surface area contributed by atoms with Gasteiger partial charge in [0.2, 0.25) is 6.29 Å². The molecule has 9 atom stereocenters. The summed E-state index contributed by atoms with van der Waals surface area (Å²) in [4.78, 5) is 24.5. The second-order valence-corrected chi connectivity index (χ2v) is 7.26. The van der Waals surface area contributed by atoms with E-state index in [0.29, 0.717) is 0 Å². The molecule has 11 heteroatoms. The number of ether oxygens (including phenoxy) is 4. The van der Waals surface area contributed by atoms with Gasteiger partial charge in [0.25, 0.3) is 0 Å². The van der Waals surface area contributed by atoms with E-state index in [9.17, 15) is 35.1 Å². The highest BCUT2D eigenvalue weighted by molar-refractivity contribution is 6.04. The number of aliphatic hydroxyl groups excluding tert-OH is 4. The van der Waals surface area contributed by atoms with Gasteiger partial charge in [-0.05, 0) is 5.92 Å². The van der Waals surface area contributed by atoms with Crippen molar-refractivity contribution >= 4 is 11.8 Å². The summed E-state index contributed by atoms with van der Waals surface area (Å²) in [5.74, 6) is -3.01. The first-order valence-electron chi connectivity index (χ1n) is 8.82. The molecule has 2 fully saturated rings.